The minimum Gasteiger partial charge on any atom is -0.466 e. The van der Waals surface area contributed by atoms with Crippen LogP contribution in [0.2, 0.25) is 0 Å². The van der Waals surface area contributed by atoms with E-state index in [2.05, 4.69) is 17.0 Å². The number of carbonyl (C=O) groups is 1. The van der Waals surface area contributed by atoms with Crippen molar-refractivity contribution in [3.05, 3.63) is 35.9 Å². The molecule has 0 aliphatic carbocycles. The van der Waals surface area contributed by atoms with E-state index in [0.717, 1.165) is 26.1 Å². The van der Waals surface area contributed by atoms with Crippen molar-refractivity contribution in [2.75, 3.05) is 19.7 Å². The molecule has 5 heteroatoms. The first-order valence-electron chi connectivity index (χ1n) is 6.89. The second kappa shape index (κ2) is 8.25. The molecule has 0 saturated carbocycles. The fraction of sp³-hybridized carbons (Fsp3) is 0.533. The van der Waals surface area contributed by atoms with Gasteiger partial charge >= 0.3 is 5.97 Å². The van der Waals surface area contributed by atoms with Crippen LogP contribution in [0.25, 0.3) is 0 Å². The van der Waals surface area contributed by atoms with Crippen LogP contribution in [0, 0.1) is 5.92 Å². The van der Waals surface area contributed by atoms with Crippen LogP contribution >= 0.6 is 12.4 Å². The third kappa shape index (κ3) is 4.47. The molecule has 1 aromatic carbocycles. The SMILES string of the molecule is CCOC(=O)[C@H]1CCN(Cc2ccccc2)C[C@@H]1N.Cl. The maximum atomic E-state index is 11.8. The van der Waals surface area contributed by atoms with Gasteiger partial charge < -0.3 is 10.5 Å². The Labute approximate surface area is 126 Å². The van der Waals surface area contributed by atoms with Crippen molar-refractivity contribution < 1.29 is 9.53 Å². The summed E-state index contributed by atoms with van der Waals surface area (Å²) >= 11 is 0. The monoisotopic (exact) mass is 298 g/mol. The van der Waals surface area contributed by atoms with Crippen molar-refractivity contribution in [3.8, 4) is 0 Å². The number of esters is 1. The van der Waals surface area contributed by atoms with Gasteiger partial charge in [-0.25, -0.2) is 0 Å². The lowest BCUT2D eigenvalue weighted by Crippen LogP contribution is -2.51. The van der Waals surface area contributed by atoms with E-state index < -0.39 is 0 Å². The summed E-state index contributed by atoms with van der Waals surface area (Å²) in [4.78, 5) is 14.1. The molecule has 1 aliphatic heterocycles. The van der Waals surface area contributed by atoms with Gasteiger partial charge in [0.1, 0.15) is 0 Å². The number of halogens is 1. The highest BCUT2D eigenvalue weighted by molar-refractivity contribution is 5.85. The minimum absolute atomic E-state index is 0. The van der Waals surface area contributed by atoms with E-state index in [0.29, 0.717) is 6.61 Å². The highest BCUT2D eigenvalue weighted by Crippen LogP contribution is 2.19. The Morgan fingerprint density at radius 2 is 2.10 bits per heavy atom. The summed E-state index contributed by atoms with van der Waals surface area (Å²) in [6.45, 7) is 4.79. The van der Waals surface area contributed by atoms with Crippen LogP contribution in [-0.2, 0) is 16.1 Å². The van der Waals surface area contributed by atoms with E-state index in [-0.39, 0.29) is 30.3 Å². The summed E-state index contributed by atoms with van der Waals surface area (Å²) in [6.07, 6.45) is 0.785. The number of nitrogens with two attached hydrogens (primary N) is 1. The fourth-order valence-electron chi connectivity index (χ4n) is 2.58. The Bertz CT molecular complexity index is 414. The first-order chi connectivity index (χ1) is 9.20. The largest absolute Gasteiger partial charge is 0.466 e. The summed E-state index contributed by atoms with van der Waals surface area (Å²) in [5.41, 5.74) is 7.39. The van der Waals surface area contributed by atoms with Crippen molar-refractivity contribution in [2.45, 2.75) is 25.9 Å². The summed E-state index contributed by atoms with van der Waals surface area (Å²) in [6, 6.07) is 10.2. The molecule has 2 atom stereocenters. The van der Waals surface area contributed by atoms with Crippen LogP contribution < -0.4 is 5.73 Å². The molecule has 112 valence electrons. The average Bonchev–Trinajstić information content (AvgIpc) is 2.40. The fourth-order valence-corrected chi connectivity index (χ4v) is 2.58. The maximum absolute atomic E-state index is 11.8. The molecule has 4 nitrogen and oxygen atoms in total. The number of ether oxygens (including phenoxy) is 1. The lowest BCUT2D eigenvalue weighted by atomic mass is 9.92. The average molecular weight is 299 g/mol. The zero-order chi connectivity index (χ0) is 13.7. The van der Waals surface area contributed by atoms with Gasteiger partial charge in [-0.05, 0) is 25.5 Å². The smallest absolute Gasteiger partial charge is 0.310 e. The molecule has 20 heavy (non-hydrogen) atoms. The van der Waals surface area contributed by atoms with Gasteiger partial charge in [-0.2, -0.15) is 0 Å². The Morgan fingerprint density at radius 1 is 1.40 bits per heavy atom. The number of hydrogen-bond donors (Lipinski definition) is 1. The van der Waals surface area contributed by atoms with Crippen molar-refractivity contribution in [1.29, 1.82) is 0 Å². The van der Waals surface area contributed by atoms with Gasteiger partial charge in [-0.15, -0.1) is 12.4 Å². The Morgan fingerprint density at radius 3 is 2.70 bits per heavy atom. The molecular weight excluding hydrogens is 276 g/mol. The number of nitrogens with zero attached hydrogens (tertiary/aromatic N) is 1. The molecular formula is C15H23ClN2O2. The van der Waals surface area contributed by atoms with Crippen LogP contribution in [-0.4, -0.2) is 36.6 Å². The quantitative estimate of drug-likeness (QED) is 0.862. The molecule has 1 aromatic rings. The van der Waals surface area contributed by atoms with E-state index in [1.807, 2.05) is 25.1 Å². The molecule has 0 amide bonds. The van der Waals surface area contributed by atoms with Gasteiger partial charge in [0.25, 0.3) is 0 Å². The Kier molecular flexibility index (Phi) is 6.99. The van der Waals surface area contributed by atoms with Gasteiger partial charge in [0, 0.05) is 19.1 Å². The minimum atomic E-state index is -0.146. The Hall–Kier alpha value is -1.10. The molecule has 2 N–H and O–H groups in total. The molecule has 1 aliphatic rings. The van der Waals surface area contributed by atoms with Crippen LogP contribution in [0.1, 0.15) is 18.9 Å². The van der Waals surface area contributed by atoms with Gasteiger partial charge in [-0.1, -0.05) is 30.3 Å². The number of rotatable bonds is 4. The van der Waals surface area contributed by atoms with Crippen LogP contribution in [0.3, 0.4) is 0 Å². The summed E-state index contributed by atoms with van der Waals surface area (Å²) < 4.78 is 5.07. The second-order valence-corrected chi connectivity index (χ2v) is 5.03. The molecule has 1 saturated heterocycles. The molecule has 1 heterocycles. The topological polar surface area (TPSA) is 55.6 Å². The van der Waals surface area contributed by atoms with Crippen molar-refractivity contribution in [3.63, 3.8) is 0 Å². The number of benzene rings is 1. The van der Waals surface area contributed by atoms with Crippen molar-refractivity contribution >= 4 is 18.4 Å². The first-order valence-corrected chi connectivity index (χ1v) is 6.89. The molecule has 1 fully saturated rings. The molecule has 0 spiro atoms. The summed E-state index contributed by atoms with van der Waals surface area (Å²) in [5.74, 6) is -0.290. The zero-order valence-electron chi connectivity index (χ0n) is 11.8. The summed E-state index contributed by atoms with van der Waals surface area (Å²) in [5, 5.41) is 0. The molecule has 2 rings (SSSR count). The van der Waals surface area contributed by atoms with Crippen LogP contribution in [0.5, 0.6) is 0 Å². The van der Waals surface area contributed by atoms with Crippen LogP contribution in [0.4, 0.5) is 0 Å². The first kappa shape index (κ1) is 17.0. The van der Waals surface area contributed by atoms with Crippen LogP contribution in [0.15, 0.2) is 30.3 Å². The maximum Gasteiger partial charge on any atom is 0.310 e. The van der Waals surface area contributed by atoms with Gasteiger partial charge in [-0.3, -0.25) is 9.69 Å². The second-order valence-electron chi connectivity index (χ2n) is 5.03. The number of piperidine rings is 1. The standard InChI is InChI=1S/C15H22N2O2.ClH/c1-2-19-15(18)13-8-9-17(11-14(13)16)10-12-6-4-3-5-7-12;/h3-7,13-14H,2,8-11,16H2,1H3;1H/t13-,14-;/m0./s1. The lowest BCUT2D eigenvalue weighted by Gasteiger charge is -2.35. The Balaban J connectivity index is 0.00000200. The van der Waals surface area contributed by atoms with Gasteiger partial charge in [0.05, 0.1) is 12.5 Å². The molecule has 0 radical (unpaired) electrons. The highest BCUT2D eigenvalue weighted by atomic mass is 35.5. The summed E-state index contributed by atoms with van der Waals surface area (Å²) in [7, 11) is 0. The molecule has 0 bridgehead atoms. The van der Waals surface area contributed by atoms with Gasteiger partial charge in [0.15, 0.2) is 0 Å². The van der Waals surface area contributed by atoms with E-state index in [9.17, 15) is 4.79 Å². The van der Waals surface area contributed by atoms with Crippen molar-refractivity contribution in [2.24, 2.45) is 11.7 Å². The molecule has 0 unspecified atom stereocenters. The van der Waals surface area contributed by atoms with Crippen molar-refractivity contribution in [1.82, 2.24) is 4.90 Å². The van der Waals surface area contributed by atoms with E-state index >= 15 is 0 Å². The predicted molar refractivity (Wildman–Crippen MR) is 81.7 cm³/mol. The predicted octanol–water partition coefficient (Wildman–Crippen LogP) is 1.82. The third-order valence-corrected chi connectivity index (χ3v) is 3.58. The third-order valence-electron chi connectivity index (χ3n) is 3.58. The number of likely N-dealkylation sites (tertiary alicyclic amines) is 1. The van der Waals surface area contributed by atoms with Gasteiger partial charge in [0.2, 0.25) is 0 Å². The normalized spacial score (nSPS) is 22.9. The highest BCUT2D eigenvalue weighted by Gasteiger charge is 2.32. The number of hydrogen-bond acceptors (Lipinski definition) is 4. The molecule has 0 aromatic heterocycles. The number of carbonyl (C=O) groups excluding carboxylic acids is 1. The van der Waals surface area contributed by atoms with E-state index in [4.69, 9.17) is 10.5 Å². The van der Waals surface area contributed by atoms with E-state index in [1.165, 1.54) is 5.56 Å². The zero-order valence-corrected chi connectivity index (χ0v) is 12.6. The lowest BCUT2D eigenvalue weighted by molar-refractivity contribution is -0.150. The van der Waals surface area contributed by atoms with E-state index in [1.54, 1.807) is 0 Å².